The molecule has 0 heterocycles. The Morgan fingerprint density at radius 1 is 1.19 bits per heavy atom. The van der Waals surface area contributed by atoms with E-state index in [-0.39, 0.29) is 17.6 Å². The van der Waals surface area contributed by atoms with Crippen LogP contribution in [0.5, 0.6) is 5.75 Å². The summed E-state index contributed by atoms with van der Waals surface area (Å²) >= 11 is 6.07. The van der Waals surface area contributed by atoms with E-state index < -0.39 is 5.82 Å². The van der Waals surface area contributed by atoms with Gasteiger partial charge in [0.1, 0.15) is 5.82 Å². The van der Waals surface area contributed by atoms with Gasteiger partial charge in [-0.3, -0.25) is 0 Å². The number of hydrogen-bond acceptors (Lipinski definition) is 2. The van der Waals surface area contributed by atoms with Crippen molar-refractivity contribution in [1.29, 1.82) is 0 Å². The highest BCUT2D eigenvalue weighted by Gasteiger charge is 2.18. The zero-order valence-electron chi connectivity index (χ0n) is 11.8. The molecule has 0 saturated heterocycles. The van der Waals surface area contributed by atoms with Gasteiger partial charge in [-0.2, -0.15) is 0 Å². The molecular formula is C16H16ClF2NO. The van der Waals surface area contributed by atoms with Crippen molar-refractivity contribution in [3.05, 3.63) is 64.2 Å². The maximum atomic E-state index is 14.0. The molecule has 0 bridgehead atoms. The van der Waals surface area contributed by atoms with Gasteiger partial charge in [0.25, 0.3) is 0 Å². The highest BCUT2D eigenvalue weighted by atomic mass is 35.5. The third-order valence-corrected chi connectivity index (χ3v) is 3.68. The van der Waals surface area contributed by atoms with E-state index in [0.29, 0.717) is 17.0 Å². The van der Waals surface area contributed by atoms with Gasteiger partial charge in [-0.05, 0) is 43.3 Å². The molecule has 0 aromatic heterocycles. The first-order valence-electron chi connectivity index (χ1n) is 6.50. The molecule has 0 saturated carbocycles. The molecule has 0 spiro atoms. The van der Waals surface area contributed by atoms with Gasteiger partial charge in [-0.25, -0.2) is 8.78 Å². The lowest BCUT2D eigenvalue weighted by molar-refractivity contribution is 0.386. The Bertz CT molecular complexity index is 613. The number of likely N-dealkylation sites (N-methyl/N-ethyl adjacent to an activating group) is 1. The Hall–Kier alpha value is -1.65. The third kappa shape index (κ3) is 3.52. The van der Waals surface area contributed by atoms with Gasteiger partial charge in [0.2, 0.25) is 0 Å². The summed E-state index contributed by atoms with van der Waals surface area (Å²) in [4.78, 5) is 0. The summed E-state index contributed by atoms with van der Waals surface area (Å²) < 4.78 is 32.6. The van der Waals surface area contributed by atoms with E-state index in [1.165, 1.54) is 19.2 Å². The van der Waals surface area contributed by atoms with E-state index in [0.717, 1.165) is 5.56 Å². The number of benzene rings is 2. The summed E-state index contributed by atoms with van der Waals surface area (Å²) in [6.07, 6.45) is 0.415. The highest BCUT2D eigenvalue weighted by Crippen LogP contribution is 2.29. The monoisotopic (exact) mass is 311 g/mol. The minimum atomic E-state index is -0.440. The maximum Gasteiger partial charge on any atom is 0.165 e. The molecule has 2 nitrogen and oxygen atoms in total. The van der Waals surface area contributed by atoms with Crippen LogP contribution in [0.1, 0.15) is 17.2 Å². The second-order valence-electron chi connectivity index (χ2n) is 4.65. The Morgan fingerprint density at radius 2 is 1.95 bits per heavy atom. The van der Waals surface area contributed by atoms with E-state index in [9.17, 15) is 8.78 Å². The van der Waals surface area contributed by atoms with Crippen molar-refractivity contribution >= 4 is 11.6 Å². The fourth-order valence-corrected chi connectivity index (χ4v) is 2.56. The molecular weight excluding hydrogens is 296 g/mol. The predicted octanol–water partition coefficient (Wildman–Crippen LogP) is 4.13. The van der Waals surface area contributed by atoms with Crippen molar-refractivity contribution < 1.29 is 13.5 Å². The number of methoxy groups -OCH3 is 1. The van der Waals surface area contributed by atoms with Crippen molar-refractivity contribution in [2.24, 2.45) is 0 Å². The van der Waals surface area contributed by atoms with Crippen LogP contribution in [0.2, 0.25) is 5.02 Å². The fourth-order valence-electron chi connectivity index (χ4n) is 2.26. The molecule has 0 fully saturated rings. The molecule has 1 atom stereocenters. The summed E-state index contributed by atoms with van der Waals surface area (Å²) in [5, 5.41) is 3.37. The molecule has 2 aromatic carbocycles. The third-order valence-electron chi connectivity index (χ3n) is 3.35. The summed E-state index contributed by atoms with van der Waals surface area (Å²) in [5.41, 5.74) is 1.12. The molecule has 0 radical (unpaired) electrons. The molecule has 0 aliphatic rings. The summed E-state index contributed by atoms with van der Waals surface area (Å²) in [7, 11) is 3.13. The van der Waals surface area contributed by atoms with Gasteiger partial charge < -0.3 is 10.1 Å². The Kier molecular flexibility index (Phi) is 5.15. The molecule has 1 N–H and O–H groups in total. The Labute approximate surface area is 127 Å². The van der Waals surface area contributed by atoms with Crippen molar-refractivity contribution in [2.75, 3.05) is 14.2 Å². The number of halogens is 3. The van der Waals surface area contributed by atoms with Crippen LogP contribution in [-0.2, 0) is 6.42 Å². The van der Waals surface area contributed by atoms with E-state index in [4.69, 9.17) is 16.3 Å². The van der Waals surface area contributed by atoms with Crippen LogP contribution in [0.15, 0.2) is 36.4 Å². The number of rotatable bonds is 5. The minimum Gasteiger partial charge on any atom is -0.494 e. The van der Waals surface area contributed by atoms with E-state index in [2.05, 4.69) is 5.32 Å². The van der Waals surface area contributed by atoms with Crippen molar-refractivity contribution in [1.82, 2.24) is 5.32 Å². The first-order chi connectivity index (χ1) is 10.1. The van der Waals surface area contributed by atoms with Crippen LogP contribution >= 0.6 is 11.6 Å². The zero-order valence-corrected chi connectivity index (χ0v) is 12.5. The molecule has 2 aromatic rings. The average molecular weight is 312 g/mol. The number of nitrogens with one attached hydrogen (secondary N) is 1. The lowest BCUT2D eigenvalue weighted by Crippen LogP contribution is -2.20. The minimum absolute atomic E-state index is 0.184. The first kappa shape index (κ1) is 15.7. The molecule has 1 unspecified atom stereocenters. The Morgan fingerprint density at radius 3 is 2.52 bits per heavy atom. The zero-order chi connectivity index (χ0) is 15.4. The van der Waals surface area contributed by atoms with Crippen molar-refractivity contribution in [3.8, 4) is 5.75 Å². The topological polar surface area (TPSA) is 21.3 Å². The standard InChI is InChI=1S/C16H16ClF2NO/c1-20-14(16-11(17)4-3-5-12(16)18)9-10-6-7-15(21-2)13(19)8-10/h3-8,14,20H,9H2,1-2H3. The lowest BCUT2D eigenvalue weighted by atomic mass is 9.98. The van der Waals surface area contributed by atoms with Crippen LogP contribution in [-0.4, -0.2) is 14.2 Å². The SMILES string of the molecule is CNC(Cc1ccc(OC)c(F)c1)c1c(F)cccc1Cl. The normalized spacial score (nSPS) is 12.2. The Balaban J connectivity index is 2.29. The summed E-state index contributed by atoms with van der Waals surface area (Å²) in [5.74, 6) is -0.635. The van der Waals surface area contributed by atoms with Crippen LogP contribution in [0.4, 0.5) is 8.78 Å². The van der Waals surface area contributed by atoms with Crippen molar-refractivity contribution in [2.45, 2.75) is 12.5 Å². The number of hydrogen-bond donors (Lipinski definition) is 1. The molecule has 0 aliphatic carbocycles. The lowest BCUT2D eigenvalue weighted by Gasteiger charge is -2.19. The van der Waals surface area contributed by atoms with Gasteiger partial charge in [-0.1, -0.05) is 23.7 Å². The van der Waals surface area contributed by atoms with Gasteiger partial charge in [0, 0.05) is 16.6 Å². The van der Waals surface area contributed by atoms with Crippen LogP contribution < -0.4 is 10.1 Å². The predicted molar refractivity (Wildman–Crippen MR) is 79.9 cm³/mol. The van der Waals surface area contributed by atoms with Crippen molar-refractivity contribution in [3.63, 3.8) is 0 Å². The van der Waals surface area contributed by atoms with Gasteiger partial charge in [0.05, 0.1) is 7.11 Å². The molecule has 0 amide bonds. The second kappa shape index (κ2) is 6.87. The molecule has 0 aliphatic heterocycles. The first-order valence-corrected chi connectivity index (χ1v) is 6.88. The van der Waals surface area contributed by atoms with Crippen LogP contribution in [0, 0.1) is 11.6 Å². The largest absolute Gasteiger partial charge is 0.494 e. The number of ether oxygens (including phenoxy) is 1. The van der Waals surface area contributed by atoms with Crippen LogP contribution in [0.3, 0.4) is 0 Å². The maximum absolute atomic E-state index is 14.0. The molecule has 21 heavy (non-hydrogen) atoms. The van der Waals surface area contributed by atoms with Gasteiger partial charge in [0.15, 0.2) is 11.6 Å². The van der Waals surface area contributed by atoms with Gasteiger partial charge >= 0.3 is 0 Å². The highest BCUT2D eigenvalue weighted by molar-refractivity contribution is 6.31. The average Bonchev–Trinajstić information content (AvgIpc) is 2.46. The molecule has 2 rings (SSSR count). The van der Waals surface area contributed by atoms with Gasteiger partial charge in [-0.15, -0.1) is 0 Å². The quantitative estimate of drug-likeness (QED) is 0.896. The fraction of sp³-hybridized carbons (Fsp3) is 0.250. The molecule has 5 heteroatoms. The van der Waals surface area contributed by atoms with E-state index in [1.807, 2.05) is 0 Å². The van der Waals surface area contributed by atoms with E-state index >= 15 is 0 Å². The second-order valence-corrected chi connectivity index (χ2v) is 5.06. The van der Waals surface area contributed by atoms with E-state index in [1.54, 1.807) is 31.3 Å². The van der Waals surface area contributed by atoms with Crippen LogP contribution in [0.25, 0.3) is 0 Å². The smallest absolute Gasteiger partial charge is 0.165 e. The molecule has 112 valence electrons. The summed E-state index contributed by atoms with van der Waals surface area (Å²) in [6.45, 7) is 0. The summed E-state index contributed by atoms with van der Waals surface area (Å²) in [6, 6.07) is 8.91.